The minimum Gasteiger partial charge on any atom is -0.339 e. The third-order valence-electron chi connectivity index (χ3n) is 4.98. The lowest BCUT2D eigenvalue weighted by atomic mass is 10.1. The number of anilines is 1. The molecule has 1 fully saturated rings. The molecule has 11 heteroatoms. The fourth-order valence-electron chi connectivity index (χ4n) is 3.36. The van der Waals surface area contributed by atoms with E-state index in [9.17, 15) is 13.2 Å². The van der Waals surface area contributed by atoms with Crippen molar-refractivity contribution in [2.45, 2.75) is 11.3 Å². The van der Waals surface area contributed by atoms with E-state index in [1.807, 2.05) is 30.3 Å². The van der Waals surface area contributed by atoms with Gasteiger partial charge >= 0.3 is 0 Å². The number of para-hydroxylation sites is 1. The molecule has 0 atom stereocenters. The van der Waals surface area contributed by atoms with E-state index >= 15 is 0 Å². The van der Waals surface area contributed by atoms with Crippen LogP contribution in [0.2, 0.25) is 0 Å². The SMILES string of the molecule is NS(=O)(=O)c1ccc(CC(=O)N2CCN(c3nnnn3-c3ccccc3)CC2)cc1. The van der Waals surface area contributed by atoms with Crippen molar-refractivity contribution >= 4 is 21.9 Å². The Kier molecular flexibility index (Phi) is 5.46. The zero-order valence-electron chi connectivity index (χ0n) is 16.1. The number of amides is 1. The minimum atomic E-state index is -3.74. The molecular weight excluding hydrogens is 406 g/mol. The maximum Gasteiger partial charge on any atom is 0.250 e. The molecule has 1 aromatic heterocycles. The first kappa shape index (κ1) is 20.0. The van der Waals surface area contributed by atoms with Gasteiger partial charge in [0.1, 0.15) is 0 Å². The van der Waals surface area contributed by atoms with Gasteiger partial charge in [-0.3, -0.25) is 4.79 Å². The number of hydrogen-bond acceptors (Lipinski definition) is 7. The number of nitrogens with zero attached hydrogens (tertiary/aromatic N) is 6. The van der Waals surface area contributed by atoms with Gasteiger partial charge < -0.3 is 9.80 Å². The van der Waals surface area contributed by atoms with Gasteiger partial charge in [-0.1, -0.05) is 35.4 Å². The van der Waals surface area contributed by atoms with Gasteiger partial charge in [0.25, 0.3) is 0 Å². The molecule has 2 N–H and O–H groups in total. The average molecular weight is 427 g/mol. The van der Waals surface area contributed by atoms with Crippen LogP contribution in [0.25, 0.3) is 5.69 Å². The van der Waals surface area contributed by atoms with Crippen LogP contribution >= 0.6 is 0 Å². The Morgan fingerprint density at radius 2 is 1.63 bits per heavy atom. The van der Waals surface area contributed by atoms with E-state index in [2.05, 4.69) is 20.4 Å². The number of aromatic nitrogens is 4. The van der Waals surface area contributed by atoms with Crippen LogP contribution in [-0.4, -0.2) is 65.6 Å². The van der Waals surface area contributed by atoms with Gasteiger partial charge in [0.2, 0.25) is 21.9 Å². The van der Waals surface area contributed by atoms with Crippen molar-refractivity contribution < 1.29 is 13.2 Å². The van der Waals surface area contributed by atoms with Crippen molar-refractivity contribution in [3.8, 4) is 5.69 Å². The predicted molar refractivity (Wildman–Crippen MR) is 109 cm³/mol. The van der Waals surface area contributed by atoms with E-state index in [-0.39, 0.29) is 17.2 Å². The summed E-state index contributed by atoms with van der Waals surface area (Å²) in [5, 5.41) is 17.1. The van der Waals surface area contributed by atoms with Gasteiger partial charge in [-0.15, -0.1) is 0 Å². The van der Waals surface area contributed by atoms with Crippen molar-refractivity contribution in [3.05, 3.63) is 60.2 Å². The Morgan fingerprint density at radius 1 is 0.967 bits per heavy atom. The van der Waals surface area contributed by atoms with Crippen molar-refractivity contribution in [2.75, 3.05) is 31.1 Å². The number of rotatable bonds is 5. The lowest BCUT2D eigenvalue weighted by molar-refractivity contribution is -0.130. The van der Waals surface area contributed by atoms with Crippen LogP contribution in [0.5, 0.6) is 0 Å². The van der Waals surface area contributed by atoms with Crippen LogP contribution in [0.1, 0.15) is 5.56 Å². The van der Waals surface area contributed by atoms with Gasteiger partial charge in [-0.2, -0.15) is 4.68 Å². The summed E-state index contributed by atoms with van der Waals surface area (Å²) in [4.78, 5) is 16.5. The summed E-state index contributed by atoms with van der Waals surface area (Å²) in [7, 11) is -3.74. The first-order valence-corrected chi connectivity index (χ1v) is 10.9. The van der Waals surface area contributed by atoms with Gasteiger partial charge in [0.15, 0.2) is 0 Å². The molecule has 3 aromatic rings. The molecule has 0 bridgehead atoms. The van der Waals surface area contributed by atoms with Crippen molar-refractivity contribution in [1.29, 1.82) is 0 Å². The van der Waals surface area contributed by atoms with Gasteiger partial charge in [-0.05, 0) is 40.3 Å². The molecule has 1 saturated heterocycles. The van der Waals surface area contributed by atoms with Crippen LogP contribution in [-0.2, 0) is 21.2 Å². The van der Waals surface area contributed by atoms with E-state index in [0.717, 1.165) is 11.3 Å². The highest BCUT2D eigenvalue weighted by Crippen LogP contribution is 2.17. The molecule has 0 radical (unpaired) electrons. The maximum absolute atomic E-state index is 12.6. The van der Waals surface area contributed by atoms with Crippen LogP contribution in [0.3, 0.4) is 0 Å². The van der Waals surface area contributed by atoms with Gasteiger partial charge in [0.05, 0.1) is 17.0 Å². The summed E-state index contributed by atoms with van der Waals surface area (Å²) in [6.45, 7) is 2.33. The van der Waals surface area contributed by atoms with E-state index in [4.69, 9.17) is 5.14 Å². The summed E-state index contributed by atoms with van der Waals surface area (Å²) < 4.78 is 24.4. The average Bonchev–Trinajstić information content (AvgIpc) is 3.24. The third-order valence-corrected chi connectivity index (χ3v) is 5.91. The van der Waals surface area contributed by atoms with Gasteiger partial charge in [0, 0.05) is 26.2 Å². The van der Waals surface area contributed by atoms with Crippen molar-refractivity contribution in [2.24, 2.45) is 5.14 Å². The number of sulfonamides is 1. The first-order chi connectivity index (χ1) is 14.4. The van der Waals surface area contributed by atoms with Gasteiger partial charge in [-0.25, -0.2) is 13.6 Å². The Balaban J connectivity index is 1.37. The normalized spacial score (nSPS) is 14.7. The minimum absolute atomic E-state index is 0.0133. The second-order valence-electron chi connectivity index (χ2n) is 6.96. The number of carbonyl (C=O) groups is 1. The highest BCUT2D eigenvalue weighted by atomic mass is 32.2. The highest BCUT2D eigenvalue weighted by Gasteiger charge is 2.25. The molecule has 0 saturated carbocycles. The maximum atomic E-state index is 12.6. The van der Waals surface area contributed by atoms with E-state index in [0.29, 0.717) is 32.1 Å². The van der Waals surface area contributed by atoms with Crippen LogP contribution in [0.15, 0.2) is 59.5 Å². The lowest BCUT2D eigenvalue weighted by Crippen LogP contribution is -2.50. The Labute approximate surface area is 173 Å². The van der Waals surface area contributed by atoms with E-state index in [1.165, 1.54) is 12.1 Å². The number of carbonyl (C=O) groups excluding carboxylic acids is 1. The molecule has 1 aliphatic heterocycles. The fraction of sp³-hybridized carbons (Fsp3) is 0.263. The molecule has 2 heterocycles. The highest BCUT2D eigenvalue weighted by molar-refractivity contribution is 7.89. The van der Waals surface area contributed by atoms with Crippen molar-refractivity contribution in [1.82, 2.24) is 25.1 Å². The zero-order valence-corrected chi connectivity index (χ0v) is 16.9. The molecule has 0 aliphatic carbocycles. The van der Waals surface area contributed by atoms with E-state index in [1.54, 1.807) is 21.7 Å². The first-order valence-electron chi connectivity index (χ1n) is 9.40. The summed E-state index contributed by atoms with van der Waals surface area (Å²) in [6.07, 6.45) is 0.201. The summed E-state index contributed by atoms with van der Waals surface area (Å²) >= 11 is 0. The number of hydrogen-bond donors (Lipinski definition) is 1. The molecule has 1 aliphatic rings. The Hall–Kier alpha value is -3.31. The largest absolute Gasteiger partial charge is 0.339 e. The topological polar surface area (TPSA) is 127 Å². The lowest BCUT2D eigenvalue weighted by Gasteiger charge is -2.34. The zero-order chi connectivity index (χ0) is 21.1. The molecule has 4 rings (SSSR count). The molecule has 30 heavy (non-hydrogen) atoms. The monoisotopic (exact) mass is 427 g/mol. The molecular formula is C19H21N7O3S. The molecule has 0 unspecified atom stereocenters. The third kappa shape index (κ3) is 4.31. The molecule has 156 valence electrons. The molecule has 2 aromatic carbocycles. The quantitative estimate of drug-likeness (QED) is 0.616. The van der Waals surface area contributed by atoms with E-state index < -0.39 is 10.0 Å². The fourth-order valence-corrected chi connectivity index (χ4v) is 3.87. The van der Waals surface area contributed by atoms with Crippen LogP contribution < -0.4 is 10.0 Å². The number of primary sulfonamides is 1. The number of piperazine rings is 1. The summed E-state index contributed by atoms with van der Waals surface area (Å²) in [5.74, 6) is 0.632. The smallest absolute Gasteiger partial charge is 0.250 e. The predicted octanol–water partition coefficient (Wildman–Crippen LogP) is 0.201. The summed E-state index contributed by atoms with van der Waals surface area (Å²) in [5.41, 5.74) is 1.61. The number of benzene rings is 2. The standard InChI is InChI=1S/C19H21N7O3S/c20-30(28,29)17-8-6-15(7-9-17)14-18(27)24-10-12-25(13-11-24)19-21-22-23-26(19)16-4-2-1-3-5-16/h1-9H,10-14H2,(H2,20,28,29). The molecule has 10 nitrogen and oxygen atoms in total. The number of tetrazole rings is 1. The van der Waals surface area contributed by atoms with Crippen LogP contribution in [0, 0.1) is 0 Å². The summed E-state index contributed by atoms with van der Waals surface area (Å²) in [6, 6.07) is 15.7. The van der Waals surface area contributed by atoms with Crippen LogP contribution in [0.4, 0.5) is 5.95 Å². The molecule has 1 amide bonds. The number of nitrogens with two attached hydrogens (primary N) is 1. The molecule has 0 spiro atoms. The second-order valence-corrected chi connectivity index (χ2v) is 8.52. The second kappa shape index (κ2) is 8.20. The Morgan fingerprint density at radius 3 is 2.27 bits per heavy atom. The van der Waals surface area contributed by atoms with Crippen molar-refractivity contribution in [3.63, 3.8) is 0 Å². The Bertz CT molecular complexity index is 1120.